The van der Waals surface area contributed by atoms with Crippen LogP contribution >= 0.6 is 11.6 Å². The topological polar surface area (TPSA) is 69.2 Å². The molecule has 0 aliphatic rings. The van der Waals surface area contributed by atoms with Crippen LogP contribution in [0.25, 0.3) is 0 Å². The molecule has 1 N–H and O–H groups in total. The lowest BCUT2D eigenvalue weighted by Crippen LogP contribution is -2.05. The van der Waals surface area contributed by atoms with Gasteiger partial charge in [-0.05, 0) is 35.7 Å². The molecule has 31 heavy (non-hydrogen) atoms. The zero-order valence-corrected chi connectivity index (χ0v) is 17.7. The Labute approximate surface area is 185 Å². The molecular weight excluding hydrogens is 412 g/mol. The Hall–Kier alpha value is -3.64. The van der Waals surface area contributed by atoms with Crippen LogP contribution in [-0.2, 0) is 13.2 Å². The molecule has 0 saturated carbocycles. The van der Waals surface area contributed by atoms with Crippen LogP contribution in [0.2, 0.25) is 5.15 Å². The molecule has 0 radical (unpaired) electrons. The zero-order chi connectivity index (χ0) is 21.5. The summed E-state index contributed by atoms with van der Waals surface area (Å²) in [4.78, 5) is 4.56. The molecule has 0 saturated heterocycles. The molecular formula is C24H21ClN4O2. The molecule has 6 nitrogen and oxygen atoms in total. The molecule has 0 aliphatic carbocycles. The average Bonchev–Trinajstić information content (AvgIpc) is 2.81. The van der Waals surface area contributed by atoms with Gasteiger partial charge in [0.15, 0.2) is 11.0 Å². The van der Waals surface area contributed by atoms with Crippen LogP contribution in [-0.4, -0.2) is 15.2 Å². The zero-order valence-electron chi connectivity index (χ0n) is 17.0. The number of benzene rings is 2. The predicted octanol–water partition coefficient (Wildman–Crippen LogP) is 5.74. The molecule has 0 unspecified atom stereocenters. The molecule has 2 aromatic carbocycles. The lowest BCUT2D eigenvalue weighted by atomic mass is 10.2. The van der Waals surface area contributed by atoms with Crippen LogP contribution in [0.15, 0.2) is 78.9 Å². The smallest absolute Gasteiger partial charge is 0.241 e. The first-order valence-corrected chi connectivity index (χ1v) is 10.2. The van der Waals surface area contributed by atoms with Crippen molar-refractivity contribution in [2.75, 3.05) is 5.32 Å². The fraction of sp³-hybridized carbons (Fsp3) is 0.125. The van der Waals surface area contributed by atoms with Crippen molar-refractivity contribution in [1.29, 1.82) is 0 Å². The Balaban J connectivity index is 1.55. The highest BCUT2D eigenvalue weighted by Crippen LogP contribution is 2.29. The van der Waals surface area contributed by atoms with E-state index in [0.717, 1.165) is 16.7 Å². The van der Waals surface area contributed by atoms with Gasteiger partial charge in [-0.2, -0.15) is 4.98 Å². The number of halogens is 1. The molecule has 2 aromatic heterocycles. The number of nitrogens with one attached hydrogen (secondary N) is 1. The van der Waals surface area contributed by atoms with Crippen LogP contribution in [0.1, 0.15) is 16.7 Å². The minimum atomic E-state index is 0.369. The standard InChI is InChI=1S/C24H21ClN4O2/c1-17-14-21(28-29-23(17)25)26-20-12-13-22(30-15-18-8-4-2-5-9-18)27-24(20)31-16-19-10-6-3-7-11-19/h2-14H,15-16H2,1H3,(H,26,28). The van der Waals surface area contributed by atoms with Crippen molar-refractivity contribution in [3.8, 4) is 11.8 Å². The Morgan fingerprint density at radius 2 is 1.45 bits per heavy atom. The molecule has 7 heteroatoms. The normalized spacial score (nSPS) is 10.5. The minimum Gasteiger partial charge on any atom is -0.473 e. The van der Waals surface area contributed by atoms with Gasteiger partial charge in [0.2, 0.25) is 11.8 Å². The maximum atomic E-state index is 6.01. The molecule has 4 rings (SSSR count). The van der Waals surface area contributed by atoms with E-state index in [-0.39, 0.29) is 0 Å². The van der Waals surface area contributed by atoms with Crippen molar-refractivity contribution in [2.24, 2.45) is 0 Å². The van der Waals surface area contributed by atoms with Gasteiger partial charge in [0.05, 0.1) is 0 Å². The fourth-order valence-electron chi connectivity index (χ4n) is 2.84. The van der Waals surface area contributed by atoms with Crippen molar-refractivity contribution < 1.29 is 9.47 Å². The number of pyridine rings is 1. The maximum absolute atomic E-state index is 6.01. The van der Waals surface area contributed by atoms with E-state index in [1.807, 2.05) is 79.7 Å². The highest BCUT2D eigenvalue weighted by molar-refractivity contribution is 6.30. The van der Waals surface area contributed by atoms with Gasteiger partial charge >= 0.3 is 0 Å². The molecule has 0 bridgehead atoms. The lowest BCUT2D eigenvalue weighted by molar-refractivity contribution is 0.269. The number of aromatic nitrogens is 3. The summed E-state index contributed by atoms with van der Waals surface area (Å²) in [6, 6.07) is 25.3. The summed E-state index contributed by atoms with van der Waals surface area (Å²) in [6.07, 6.45) is 0. The van der Waals surface area contributed by atoms with Crippen LogP contribution < -0.4 is 14.8 Å². The maximum Gasteiger partial charge on any atom is 0.241 e. The quantitative estimate of drug-likeness (QED) is 0.383. The molecule has 4 aromatic rings. The number of nitrogens with zero attached hydrogens (tertiary/aromatic N) is 3. The largest absolute Gasteiger partial charge is 0.473 e. The molecule has 0 amide bonds. The average molecular weight is 433 g/mol. The van der Waals surface area contributed by atoms with Crippen molar-refractivity contribution in [3.05, 3.63) is 101 Å². The summed E-state index contributed by atoms with van der Waals surface area (Å²) in [5.41, 5.74) is 3.57. The van der Waals surface area contributed by atoms with Crippen LogP contribution in [0.4, 0.5) is 11.5 Å². The Bertz CT molecular complexity index is 1140. The van der Waals surface area contributed by atoms with E-state index in [1.54, 1.807) is 6.07 Å². The highest BCUT2D eigenvalue weighted by Gasteiger charge is 2.11. The van der Waals surface area contributed by atoms with Crippen molar-refractivity contribution in [1.82, 2.24) is 15.2 Å². The van der Waals surface area contributed by atoms with Gasteiger partial charge in [0.25, 0.3) is 0 Å². The summed E-state index contributed by atoms with van der Waals surface area (Å²) >= 11 is 5.98. The Morgan fingerprint density at radius 1 is 0.806 bits per heavy atom. The van der Waals surface area contributed by atoms with Gasteiger partial charge in [0.1, 0.15) is 18.9 Å². The van der Waals surface area contributed by atoms with E-state index in [1.165, 1.54) is 0 Å². The number of hydrogen-bond donors (Lipinski definition) is 1. The molecule has 0 aliphatic heterocycles. The van der Waals surface area contributed by atoms with Crippen molar-refractivity contribution in [3.63, 3.8) is 0 Å². The highest BCUT2D eigenvalue weighted by atomic mass is 35.5. The van der Waals surface area contributed by atoms with E-state index in [9.17, 15) is 0 Å². The molecule has 0 atom stereocenters. The molecule has 2 heterocycles. The van der Waals surface area contributed by atoms with E-state index in [4.69, 9.17) is 21.1 Å². The van der Waals surface area contributed by atoms with E-state index < -0.39 is 0 Å². The number of anilines is 2. The second kappa shape index (κ2) is 9.91. The summed E-state index contributed by atoms with van der Waals surface area (Å²) in [6.45, 7) is 2.66. The molecule has 156 valence electrons. The van der Waals surface area contributed by atoms with Gasteiger partial charge < -0.3 is 14.8 Å². The third-order valence-electron chi connectivity index (χ3n) is 4.47. The number of rotatable bonds is 8. The summed E-state index contributed by atoms with van der Waals surface area (Å²) in [5.74, 6) is 1.42. The summed E-state index contributed by atoms with van der Waals surface area (Å²) in [7, 11) is 0. The fourth-order valence-corrected chi connectivity index (χ4v) is 2.93. The van der Waals surface area contributed by atoms with E-state index in [0.29, 0.717) is 41.6 Å². The number of hydrogen-bond acceptors (Lipinski definition) is 6. The lowest BCUT2D eigenvalue weighted by Gasteiger charge is -2.14. The Kier molecular flexibility index (Phi) is 6.59. The van der Waals surface area contributed by atoms with Gasteiger partial charge in [0, 0.05) is 6.07 Å². The first-order chi connectivity index (χ1) is 15.2. The minimum absolute atomic E-state index is 0.369. The third kappa shape index (κ3) is 5.71. The SMILES string of the molecule is Cc1cc(Nc2ccc(OCc3ccccc3)nc2OCc2ccccc2)nnc1Cl. The number of aryl methyl sites for hydroxylation is 1. The second-order valence-corrected chi connectivity index (χ2v) is 7.24. The number of ether oxygens (including phenoxy) is 2. The van der Waals surface area contributed by atoms with Gasteiger partial charge in [-0.15, -0.1) is 10.2 Å². The first-order valence-electron chi connectivity index (χ1n) is 9.79. The third-order valence-corrected chi connectivity index (χ3v) is 4.84. The molecule has 0 spiro atoms. The van der Waals surface area contributed by atoms with E-state index >= 15 is 0 Å². The van der Waals surface area contributed by atoms with Crippen LogP contribution in [0.5, 0.6) is 11.8 Å². The van der Waals surface area contributed by atoms with Gasteiger partial charge in [-0.25, -0.2) is 0 Å². The van der Waals surface area contributed by atoms with Crippen LogP contribution in [0.3, 0.4) is 0 Å². The predicted molar refractivity (Wildman–Crippen MR) is 121 cm³/mol. The summed E-state index contributed by atoms with van der Waals surface area (Å²) < 4.78 is 11.9. The van der Waals surface area contributed by atoms with E-state index in [2.05, 4.69) is 20.5 Å². The summed E-state index contributed by atoms with van der Waals surface area (Å²) in [5, 5.41) is 11.6. The Morgan fingerprint density at radius 3 is 2.10 bits per heavy atom. The van der Waals surface area contributed by atoms with Crippen LogP contribution in [0, 0.1) is 6.92 Å². The van der Waals surface area contributed by atoms with Crippen molar-refractivity contribution in [2.45, 2.75) is 20.1 Å². The first kappa shape index (κ1) is 20.6. The monoisotopic (exact) mass is 432 g/mol. The van der Waals surface area contributed by atoms with Crippen molar-refractivity contribution >= 4 is 23.1 Å². The second-order valence-electron chi connectivity index (χ2n) is 6.88. The van der Waals surface area contributed by atoms with Gasteiger partial charge in [-0.1, -0.05) is 72.3 Å². The molecule has 0 fully saturated rings. The van der Waals surface area contributed by atoms with Gasteiger partial charge in [-0.3, -0.25) is 0 Å².